The maximum Gasteiger partial charge on any atom is 0.313 e. The molecule has 0 saturated heterocycles. The maximum atomic E-state index is 13.6. The van der Waals surface area contributed by atoms with Crippen LogP contribution in [0.4, 0.5) is 20.2 Å². The number of carbonyl (C=O) groups is 2. The van der Waals surface area contributed by atoms with E-state index < -0.39 is 23.4 Å². The highest BCUT2D eigenvalue weighted by atomic mass is 19.1. The van der Waals surface area contributed by atoms with Gasteiger partial charge in [0.25, 0.3) is 0 Å². The van der Waals surface area contributed by atoms with E-state index in [4.69, 9.17) is 0 Å². The number of hydrogen-bond donors (Lipinski definition) is 2. The zero-order chi connectivity index (χ0) is 23.2. The summed E-state index contributed by atoms with van der Waals surface area (Å²) in [6, 6.07) is 19.7. The standard InChI is InChI=1S/C26H25F2N3O2/c27-21-9-12-24(23(28)16-21)30-26(33)25(32)29-14-3-4-18-7-10-22(11-8-18)31-15-13-19-5-1-2-6-20(19)17-31/h1-2,5-12,16H,3-4,13-15,17H2,(H,29,32)(H,30,33). The highest BCUT2D eigenvalue weighted by Gasteiger charge is 2.17. The molecule has 0 aliphatic carbocycles. The number of hydrogen-bond acceptors (Lipinski definition) is 3. The molecule has 3 aromatic carbocycles. The molecule has 5 nitrogen and oxygen atoms in total. The lowest BCUT2D eigenvalue weighted by molar-refractivity contribution is -0.136. The molecule has 3 aromatic rings. The largest absolute Gasteiger partial charge is 0.367 e. The summed E-state index contributed by atoms with van der Waals surface area (Å²) in [4.78, 5) is 26.2. The molecule has 0 radical (unpaired) electrons. The van der Waals surface area contributed by atoms with E-state index in [1.807, 2.05) is 0 Å². The van der Waals surface area contributed by atoms with Crippen molar-refractivity contribution in [1.29, 1.82) is 0 Å². The second kappa shape index (κ2) is 10.3. The summed E-state index contributed by atoms with van der Waals surface area (Å²) in [7, 11) is 0. The number of nitrogens with zero attached hydrogens (tertiary/aromatic N) is 1. The Labute approximate surface area is 191 Å². The van der Waals surface area contributed by atoms with Crippen LogP contribution in [0.15, 0.2) is 66.7 Å². The number of benzene rings is 3. The van der Waals surface area contributed by atoms with Crippen LogP contribution in [0.25, 0.3) is 0 Å². The molecular formula is C26H25F2N3O2. The third-order valence-corrected chi connectivity index (χ3v) is 5.75. The minimum atomic E-state index is -0.993. The summed E-state index contributed by atoms with van der Waals surface area (Å²) in [5, 5.41) is 4.66. The van der Waals surface area contributed by atoms with E-state index in [-0.39, 0.29) is 5.69 Å². The quantitative estimate of drug-likeness (QED) is 0.438. The van der Waals surface area contributed by atoms with Crippen LogP contribution in [0.5, 0.6) is 0 Å². The molecule has 4 rings (SSSR count). The van der Waals surface area contributed by atoms with Gasteiger partial charge in [0.05, 0.1) is 5.69 Å². The predicted molar refractivity (Wildman–Crippen MR) is 124 cm³/mol. The molecule has 0 atom stereocenters. The van der Waals surface area contributed by atoms with Crippen molar-refractivity contribution in [3.05, 3.63) is 95.1 Å². The summed E-state index contributed by atoms with van der Waals surface area (Å²) in [5.41, 5.74) is 4.88. The molecular weight excluding hydrogens is 424 g/mol. The number of rotatable bonds is 6. The Bertz CT molecular complexity index is 1150. The van der Waals surface area contributed by atoms with Crippen LogP contribution < -0.4 is 15.5 Å². The molecule has 0 unspecified atom stereocenters. The van der Waals surface area contributed by atoms with Crippen LogP contribution in [0, 0.1) is 11.6 Å². The van der Waals surface area contributed by atoms with Crippen molar-refractivity contribution in [2.45, 2.75) is 25.8 Å². The molecule has 2 amide bonds. The van der Waals surface area contributed by atoms with Gasteiger partial charge in [-0.05, 0) is 60.2 Å². The van der Waals surface area contributed by atoms with Crippen molar-refractivity contribution in [1.82, 2.24) is 5.32 Å². The van der Waals surface area contributed by atoms with Gasteiger partial charge < -0.3 is 15.5 Å². The van der Waals surface area contributed by atoms with Gasteiger partial charge in [-0.1, -0.05) is 36.4 Å². The van der Waals surface area contributed by atoms with Gasteiger partial charge >= 0.3 is 11.8 Å². The van der Waals surface area contributed by atoms with E-state index in [1.165, 1.54) is 16.8 Å². The zero-order valence-corrected chi connectivity index (χ0v) is 18.1. The lowest BCUT2D eigenvalue weighted by atomic mass is 9.99. The van der Waals surface area contributed by atoms with Gasteiger partial charge in [0, 0.05) is 31.4 Å². The van der Waals surface area contributed by atoms with E-state index in [2.05, 4.69) is 64.1 Å². The summed E-state index contributed by atoms with van der Waals surface area (Å²) >= 11 is 0. The fraction of sp³-hybridized carbons (Fsp3) is 0.231. The number of fused-ring (bicyclic) bond motifs is 1. The van der Waals surface area contributed by atoms with Gasteiger partial charge in [0.15, 0.2) is 0 Å². The first-order valence-electron chi connectivity index (χ1n) is 10.9. The average Bonchev–Trinajstić information content (AvgIpc) is 2.83. The predicted octanol–water partition coefficient (Wildman–Crippen LogP) is 4.22. The van der Waals surface area contributed by atoms with Crippen LogP contribution >= 0.6 is 0 Å². The molecule has 1 heterocycles. The van der Waals surface area contributed by atoms with Gasteiger partial charge in [0.1, 0.15) is 11.6 Å². The first kappa shape index (κ1) is 22.5. The van der Waals surface area contributed by atoms with Gasteiger partial charge in [-0.25, -0.2) is 8.78 Å². The molecule has 0 bridgehead atoms. The van der Waals surface area contributed by atoms with Crippen LogP contribution in [-0.4, -0.2) is 24.9 Å². The van der Waals surface area contributed by atoms with E-state index >= 15 is 0 Å². The van der Waals surface area contributed by atoms with Crippen LogP contribution in [-0.2, 0) is 29.0 Å². The number of aryl methyl sites for hydroxylation is 1. The molecule has 7 heteroatoms. The average molecular weight is 450 g/mol. The highest BCUT2D eigenvalue weighted by Crippen LogP contribution is 2.24. The molecule has 33 heavy (non-hydrogen) atoms. The van der Waals surface area contributed by atoms with Crippen molar-refractivity contribution < 1.29 is 18.4 Å². The molecule has 1 aliphatic heterocycles. The number of halogens is 2. The Morgan fingerprint density at radius 1 is 0.909 bits per heavy atom. The molecule has 0 aromatic heterocycles. The first-order valence-corrected chi connectivity index (χ1v) is 10.9. The maximum absolute atomic E-state index is 13.6. The highest BCUT2D eigenvalue weighted by molar-refractivity contribution is 6.39. The lowest BCUT2D eigenvalue weighted by Crippen LogP contribution is -2.36. The van der Waals surface area contributed by atoms with Gasteiger partial charge in [-0.15, -0.1) is 0 Å². The van der Waals surface area contributed by atoms with E-state index in [9.17, 15) is 18.4 Å². The van der Waals surface area contributed by atoms with Gasteiger partial charge in [-0.3, -0.25) is 9.59 Å². The van der Waals surface area contributed by atoms with E-state index in [0.29, 0.717) is 19.0 Å². The molecule has 0 fully saturated rings. The summed E-state index contributed by atoms with van der Waals surface area (Å²) in [5.74, 6) is -3.55. The third kappa shape index (κ3) is 5.74. The number of carbonyl (C=O) groups excluding carboxylic acids is 2. The Hall–Kier alpha value is -3.74. The van der Waals surface area contributed by atoms with Crippen LogP contribution in [0.3, 0.4) is 0 Å². The second-order valence-electron chi connectivity index (χ2n) is 8.04. The molecule has 0 spiro atoms. The summed E-state index contributed by atoms with van der Waals surface area (Å²) in [6.07, 6.45) is 2.44. The van der Waals surface area contributed by atoms with E-state index in [1.54, 1.807) is 0 Å². The second-order valence-corrected chi connectivity index (χ2v) is 8.04. The SMILES string of the molecule is O=C(NCCCc1ccc(N2CCc3ccccc3C2)cc1)C(=O)Nc1ccc(F)cc1F. The normalized spacial score (nSPS) is 12.7. The van der Waals surface area contributed by atoms with Crippen LogP contribution in [0.2, 0.25) is 0 Å². The van der Waals surface area contributed by atoms with Crippen molar-refractivity contribution in [2.75, 3.05) is 23.3 Å². The topological polar surface area (TPSA) is 61.4 Å². The van der Waals surface area contributed by atoms with Crippen molar-refractivity contribution >= 4 is 23.2 Å². The van der Waals surface area contributed by atoms with Crippen molar-refractivity contribution in [3.63, 3.8) is 0 Å². The van der Waals surface area contributed by atoms with Crippen molar-refractivity contribution in [3.8, 4) is 0 Å². The number of anilines is 2. The fourth-order valence-corrected chi connectivity index (χ4v) is 3.93. The molecule has 2 N–H and O–H groups in total. The zero-order valence-electron chi connectivity index (χ0n) is 18.1. The number of nitrogens with one attached hydrogen (secondary N) is 2. The first-order chi connectivity index (χ1) is 16.0. The minimum absolute atomic E-state index is 0.242. The van der Waals surface area contributed by atoms with Gasteiger partial charge in [0.2, 0.25) is 0 Å². The third-order valence-electron chi connectivity index (χ3n) is 5.75. The number of amides is 2. The van der Waals surface area contributed by atoms with E-state index in [0.717, 1.165) is 43.6 Å². The lowest BCUT2D eigenvalue weighted by Gasteiger charge is -2.30. The van der Waals surface area contributed by atoms with Crippen molar-refractivity contribution in [2.24, 2.45) is 0 Å². The smallest absolute Gasteiger partial charge is 0.313 e. The van der Waals surface area contributed by atoms with Gasteiger partial charge in [-0.2, -0.15) is 0 Å². The molecule has 1 aliphatic rings. The minimum Gasteiger partial charge on any atom is -0.367 e. The molecule has 170 valence electrons. The Morgan fingerprint density at radius 2 is 1.67 bits per heavy atom. The summed E-state index contributed by atoms with van der Waals surface area (Å²) < 4.78 is 26.5. The summed E-state index contributed by atoms with van der Waals surface area (Å²) in [6.45, 7) is 2.21. The molecule has 0 saturated carbocycles. The monoisotopic (exact) mass is 449 g/mol. The van der Waals surface area contributed by atoms with Crippen LogP contribution in [0.1, 0.15) is 23.1 Å². The fourth-order valence-electron chi connectivity index (χ4n) is 3.93. The Balaban J connectivity index is 1.21. The Morgan fingerprint density at radius 3 is 2.42 bits per heavy atom. The Kier molecular flexibility index (Phi) is 6.98.